The van der Waals surface area contributed by atoms with Crippen LogP contribution in [0.4, 0.5) is 4.39 Å². The van der Waals surface area contributed by atoms with Crippen LogP contribution in [0.15, 0.2) is 35.5 Å². The second-order valence-corrected chi connectivity index (χ2v) is 12.2. The number of carbonyl (C=O) groups is 1. The van der Waals surface area contributed by atoms with Crippen molar-refractivity contribution in [2.45, 2.75) is 50.3 Å². The molecular formula is C25H31FN4O3S. The lowest BCUT2D eigenvalue weighted by Gasteiger charge is -2.45. The van der Waals surface area contributed by atoms with Crippen molar-refractivity contribution in [3.05, 3.63) is 64.2 Å². The fourth-order valence-electron chi connectivity index (χ4n) is 5.12. The number of rotatable bonds is 4. The number of amidine groups is 1. The molecule has 0 radical (unpaired) electrons. The molecule has 1 spiro atoms. The van der Waals surface area contributed by atoms with E-state index in [4.69, 9.17) is 5.73 Å². The summed E-state index contributed by atoms with van der Waals surface area (Å²) >= 11 is 0. The highest BCUT2D eigenvalue weighted by Gasteiger charge is 2.55. The Morgan fingerprint density at radius 2 is 1.88 bits per heavy atom. The molecule has 1 aromatic carbocycles. The van der Waals surface area contributed by atoms with Gasteiger partial charge in [-0.15, -0.1) is 0 Å². The lowest BCUT2D eigenvalue weighted by molar-refractivity contribution is 0.0987. The molecule has 0 bridgehead atoms. The fraction of sp³-hybridized carbons (Fsp3) is 0.480. The van der Waals surface area contributed by atoms with E-state index in [1.165, 1.54) is 18.2 Å². The number of carbonyl (C=O) groups excluding carboxylic acids is 1. The van der Waals surface area contributed by atoms with Crippen molar-refractivity contribution < 1.29 is 17.6 Å². The van der Waals surface area contributed by atoms with E-state index in [2.05, 4.69) is 14.9 Å². The van der Waals surface area contributed by atoms with Gasteiger partial charge in [0.15, 0.2) is 15.6 Å². The van der Waals surface area contributed by atoms with Crippen molar-refractivity contribution in [2.24, 2.45) is 10.7 Å². The second kappa shape index (κ2) is 8.53. The zero-order valence-electron chi connectivity index (χ0n) is 20.1. The van der Waals surface area contributed by atoms with Gasteiger partial charge in [0.25, 0.3) is 0 Å². The first kappa shape index (κ1) is 24.5. The van der Waals surface area contributed by atoms with Crippen molar-refractivity contribution in [3.8, 4) is 0 Å². The number of ketones is 1. The average Bonchev–Trinajstić information content (AvgIpc) is 2.74. The Hall–Kier alpha value is -2.65. The van der Waals surface area contributed by atoms with E-state index in [1.807, 2.05) is 27.0 Å². The second-order valence-electron chi connectivity index (χ2n) is 9.92. The lowest BCUT2D eigenvalue weighted by atomic mass is 9.89. The Morgan fingerprint density at radius 3 is 2.50 bits per heavy atom. The first-order valence-corrected chi connectivity index (χ1v) is 13.0. The molecule has 3 heterocycles. The van der Waals surface area contributed by atoms with Crippen LogP contribution >= 0.6 is 0 Å². The highest BCUT2D eigenvalue weighted by Crippen LogP contribution is 2.42. The minimum atomic E-state index is -3.71. The van der Waals surface area contributed by atoms with Crippen LogP contribution in [-0.4, -0.2) is 60.6 Å². The molecule has 9 heteroatoms. The van der Waals surface area contributed by atoms with E-state index in [0.717, 1.165) is 11.1 Å². The molecule has 2 aromatic rings. The van der Waals surface area contributed by atoms with Gasteiger partial charge in [-0.1, -0.05) is 12.1 Å². The van der Waals surface area contributed by atoms with Crippen molar-refractivity contribution in [3.63, 3.8) is 0 Å². The van der Waals surface area contributed by atoms with E-state index >= 15 is 4.39 Å². The van der Waals surface area contributed by atoms with E-state index in [9.17, 15) is 13.2 Å². The number of piperidine rings is 1. The Labute approximate surface area is 200 Å². The van der Waals surface area contributed by atoms with Gasteiger partial charge in [-0.3, -0.25) is 14.8 Å². The summed E-state index contributed by atoms with van der Waals surface area (Å²) in [6.07, 6.45) is 2.40. The number of hydrogen-bond acceptors (Lipinski definition) is 7. The van der Waals surface area contributed by atoms with Crippen molar-refractivity contribution >= 4 is 21.5 Å². The molecule has 1 fully saturated rings. The van der Waals surface area contributed by atoms with Crippen molar-refractivity contribution in [1.82, 2.24) is 9.88 Å². The Bertz CT molecular complexity index is 1280. The standard InChI is InChI=1S/C25H31FN4O3S/c1-16-11-17(2)22(28-14-16)21(31)13-18-5-6-20(26)19(12-18)24(3)15-34(32,33)25(23(27)29-24)7-9-30(4)10-8-25/h5-6,11-12,14H,7-10,13,15H2,1-4H3,(H2,27,29)/t24-/m0/s1. The highest BCUT2D eigenvalue weighted by molar-refractivity contribution is 7.93. The van der Waals surface area contributed by atoms with Gasteiger partial charge in [0, 0.05) is 18.2 Å². The summed E-state index contributed by atoms with van der Waals surface area (Å²) < 4.78 is 40.9. The van der Waals surface area contributed by atoms with E-state index in [-0.39, 0.29) is 29.4 Å². The molecule has 1 aromatic heterocycles. The van der Waals surface area contributed by atoms with Crippen molar-refractivity contribution in [1.29, 1.82) is 0 Å². The third kappa shape index (κ3) is 4.15. The number of aromatic nitrogens is 1. The van der Waals surface area contributed by atoms with Gasteiger partial charge in [-0.05, 0) is 82.6 Å². The minimum absolute atomic E-state index is 0.0163. The molecule has 1 atom stereocenters. The normalized spacial score (nSPS) is 24.1. The third-order valence-corrected chi connectivity index (χ3v) is 9.90. The number of nitrogens with two attached hydrogens (primary N) is 1. The molecule has 0 unspecified atom stereocenters. The number of benzene rings is 1. The van der Waals surface area contributed by atoms with E-state index in [0.29, 0.717) is 37.2 Å². The number of aliphatic imine (C=N–C) groups is 1. The zero-order valence-corrected chi connectivity index (χ0v) is 20.9. The van der Waals surface area contributed by atoms with E-state index in [1.54, 1.807) is 13.1 Å². The molecule has 4 rings (SSSR count). The maximum Gasteiger partial charge on any atom is 0.185 e. The first-order chi connectivity index (χ1) is 15.9. The fourth-order valence-corrected chi connectivity index (χ4v) is 7.53. The number of likely N-dealkylation sites (tertiary alicyclic amines) is 1. The number of aryl methyl sites for hydroxylation is 2. The summed E-state index contributed by atoms with van der Waals surface area (Å²) in [6, 6.07) is 6.22. The molecular weight excluding hydrogens is 455 g/mol. The van der Waals surface area contributed by atoms with Crippen LogP contribution in [0.1, 0.15) is 52.5 Å². The number of nitrogens with zero attached hydrogens (tertiary/aromatic N) is 3. The molecule has 1 saturated heterocycles. The topological polar surface area (TPSA) is 106 Å². The van der Waals surface area contributed by atoms with Gasteiger partial charge in [0.05, 0.1) is 5.75 Å². The summed E-state index contributed by atoms with van der Waals surface area (Å²) in [5.41, 5.74) is 7.74. The zero-order chi connectivity index (χ0) is 24.9. The number of pyridine rings is 1. The maximum absolute atomic E-state index is 15.0. The van der Waals surface area contributed by atoms with Crippen LogP contribution in [-0.2, 0) is 21.8 Å². The molecule has 2 N–H and O–H groups in total. The smallest absolute Gasteiger partial charge is 0.185 e. The van der Waals surface area contributed by atoms with Crippen LogP contribution in [0.25, 0.3) is 0 Å². The van der Waals surface area contributed by atoms with Gasteiger partial charge in [0.1, 0.15) is 27.6 Å². The maximum atomic E-state index is 15.0. The Morgan fingerprint density at radius 1 is 1.21 bits per heavy atom. The summed E-state index contributed by atoms with van der Waals surface area (Å²) in [5, 5.41) is 0. The molecule has 2 aliphatic rings. The Balaban J connectivity index is 1.69. The summed E-state index contributed by atoms with van der Waals surface area (Å²) in [4.78, 5) is 23.8. The third-order valence-electron chi connectivity index (χ3n) is 7.15. The SMILES string of the molecule is Cc1cnc(C(=O)Cc2ccc(F)c([C@]3(C)CS(=O)(=O)C4(CCN(C)CC4)C(N)=N3)c2)c(C)c1. The molecule has 182 valence electrons. The van der Waals surface area contributed by atoms with Crippen LogP contribution < -0.4 is 5.73 Å². The molecule has 2 aliphatic heterocycles. The predicted octanol–water partition coefficient (Wildman–Crippen LogP) is 2.73. The number of halogens is 1. The van der Waals surface area contributed by atoms with Gasteiger partial charge in [0.2, 0.25) is 0 Å². The van der Waals surface area contributed by atoms with Gasteiger partial charge >= 0.3 is 0 Å². The number of Topliss-reactive ketones (excluding diaryl/α,β-unsaturated/α-hetero) is 1. The summed E-state index contributed by atoms with van der Waals surface area (Å²) in [5.74, 6) is -1.05. The Kier molecular flexibility index (Phi) is 6.14. The van der Waals surface area contributed by atoms with Crippen molar-refractivity contribution in [2.75, 3.05) is 25.9 Å². The molecule has 0 saturated carbocycles. The van der Waals surface area contributed by atoms with Gasteiger partial charge < -0.3 is 10.6 Å². The van der Waals surface area contributed by atoms with Gasteiger partial charge in [-0.2, -0.15) is 0 Å². The number of sulfone groups is 1. The van der Waals surface area contributed by atoms with Crippen LogP contribution in [0.5, 0.6) is 0 Å². The molecule has 7 nitrogen and oxygen atoms in total. The monoisotopic (exact) mass is 486 g/mol. The highest BCUT2D eigenvalue weighted by atomic mass is 32.2. The predicted molar refractivity (Wildman–Crippen MR) is 130 cm³/mol. The van der Waals surface area contributed by atoms with Crippen LogP contribution in [0.2, 0.25) is 0 Å². The molecule has 34 heavy (non-hydrogen) atoms. The quantitative estimate of drug-likeness (QED) is 0.666. The van der Waals surface area contributed by atoms with Crippen LogP contribution in [0.3, 0.4) is 0 Å². The largest absolute Gasteiger partial charge is 0.386 e. The summed E-state index contributed by atoms with van der Waals surface area (Å²) in [7, 11) is -1.77. The van der Waals surface area contributed by atoms with Gasteiger partial charge in [-0.25, -0.2) is 12.8 Å². The number of hydrogen-bond donors (Lipinski definition) is 1. The average molecular weight is 487 g/mol. The summed E-state index contributed by atoms with van der Waals surface area (Å²) in [6.45, 7) is 6.53. The minimum Gasteiger partial charge on any atom is -0.386 e. The van der Waals surface area contributed by atoms with Crippen LogP contribution in [0, 0.1) is 19.7 Å². The first-order valence-electron chi connectivity index (χ1n) is 11.4. The molecule has 0 aliphatic carbocycles. The lowest BCUT2D eigenvalue weighted by Crippen LogP contribution is -2.62. The molecule has 0 amide bonds. The van der Waals surface area contributed by atoms with E-state index < -0.39 is 25.9 Å².